The number of carbonyl (C=O) groups excluding carboxylic acids is 1. The van der Waals surface area contributed by atoms with Crippen molar-refractivity contribution in [1.29, 1.82) is 0 Å². The van der Waals surface area contributed by atoms with Gasteiger partial charge in [0, 0.05) is 31.7 Å². The van der Waals surface area contributed by atoms with Crippen molar-refractivity contribution in [3.63, 3.8) is 0 Å². The summed E-state index contributed by atoms with van der Waals surface area (Å²) >= 11 is 0. The zero-order chi connectivity index (χ0) is 24.0. The molecule has 6 nitrogen and oxygen atoms in total. The first-order valence-corrected chi connectivity index (χ1v) is 12.0. The van der Waals surface area contributed by atoms with E-state index in [0.29, 0.717) is 0 Å². The van der Waals surface area contributed by atoms with Crippen molar-refractivity contribution in [2.75, 3.05) is 33.9 Å². The molecule has 0 spiro atoms. The number of fused-ring (bicyclic) bond motifs is 1. The van der Waals surface area contributed by atoms with Crippen LogP contribution in [0, 0.1) is 0 Å². The molecule has 3 atom stereocenters. The zero-order valence-corrected chi connectivity index (χ0v) is 20.3. The van der Waals surface area contributed by atoms with Crippen LogP contribution >= 0.6 is 0 Å². The molecule has 1 amide bonds. The first-order valence-electron chi connectivity index (χ1n) is 12.0. The summed E-state index contributed by atoms with van der Waals surface area (Å²) in [5.41, 5.74) is 1.58. The van der Waals surface area contributed by atoms with Crippen LogP contribution in [-0.2, 0) is 21.5 Å². The van der Waals surface area contributed by atoms with Gasteiger partial charge in [-0.1, -0.05) is 48.5 Å². The first-order chi connectivity index (χ1) is 16.5. The number of alkyl carbamates (subject to hydrolysis) is 1. The molecule has 1 heterocycles. The SMILES string of the molecule is C=CCN1CC[C@@]2(c3cccc(OC)c3)C[C@@H](NC(=O)OCc3ccccc3)CC[C@]2(OC)C1. The molecule has 1 N–H and O–H groups in total. The van der Waals surface area contributed by atoms with Crippen LogP contribution in [0.1, 0.15) is 36.8 Å². The molecule has 1 saturated carbocycles. The van der Waals surface area contributed by atoms with Crippen LogP contribution in [-0.4, -0.2) is 56.5 Å². The molecule has 0 aromatic heterocycles. The van der Waals surface area contributed by atoms with Gasteiger partial charge in [0.2, 0.25) is 0 Å². The fourth-order valence-electron chi connectivity index (χ4n) is 5.91. The molecule has 0 unspecified atom stereocenters. The molecule has 1 aliphatic carbocycles. The standard InChI is InChI=1S/C28H36N2O4/c1-4-16-30-17-15-27(23-11-8-12-25(18-23)32-2)19-24(13-14-28(27,21-30)33-3)29-26(31)34-20-22-9-6-5-7-10-22/h4-12,18,24H,1,13-17,19-21H2,2-3H3,(H,29,31)/t24-,27-,28-/m0/s1. The van der Waals surface area contributed by atoms with Crippen molar-refractivity contribution in [2.24, 2.45) is 0 Å². The number of likely N-dealkylation sites (tertiary alicyclic amines) is 1. The lowest BCUT2D eigenvalue weighted by atomic mass is 9.55. The molecule has 6 heteroatoms. The monoisotopic (exact) mass is 464 g/mol. The summed E-state index contributed by atoms with van der Waals surface area (Å²) in [4.78, 5) is 15.1. The average molecular weight is 465 g/mol. The molecule has 2 aliphatic rings. The second kappa shape index (κ2) is 10.6. The van der Waals surface area contributed by atoms with Gasteiger partial charge in [0.15, 0.2) is 0 Å². The van der Waals surface area contributed by atoms with E-state index in [1.165, 1.54) is 5.56 Å². The number of ether oxygens (including phenoxy) is 3. The Bertz CT molecular complexity index is 981. The minimum Gasteiger partial charge on any atom is -0.497 e. The summed E-state index contributed by atoms with van der Waals surface area (Å²) in [6, 6.07) is 18.1. The normalized spacial score (nSPS) is 26.8. The topological polar surface area (TPSA) is 60.0 Å². The first kappa shape index (κ1) is 24.3. The van der Waals surface area contributed by atoms with Crippen LogP contribution in [0.2, 0.25) is 0 Å². The summed E-state index contributed by atoms with van der Waals surface area (Å²) in [5.74, 6) is 0.836. The Morgan fingerprint density at radius 3 is 2.74 bits per heavy atom. The van der Waals surface area contributed by atoms with Gasteiger partial charge in [-0.15, -0.1) is 6.58 Å². The maximum absolute atomic E-state index is 12.7. The van der Waals surface area contributed by atoms with E-state index in [-0.39, 0.29) is 29.8 Å². The molecular formula is C28H36N2O4. The Balaban J connectivity index is 1.56. The molecule has 4 rings (SSSR count). The number of rotatable bonds is 8. The molecule has 1 aliphatic heterocycles. The van der Waals surface area contributed by atoms with Gasteiger partial charge >= 0.3 is 6.09 Å². The highest BCUT2D eigenvalue weighted by atomic mass is 16.5. The Kier molecular flexibility index (Phi) is 7.59. The van der Waals surface area contributed by atoms with Gasteiger partial charge in [-0.3, -0.25) is 4.90 Å². The number of hydrogen-bond donors (Lipinski definition) is 1. The Hall–Kier alpha value is -2.83. The van der Waals surface area contributed by atoms with E-state index >= 15 is 0 Å². The van der Waals surface area contributed by atoms with Crippen LogP contribution in [0.4, 0.5) is 4.79 Å². The highest BCUT2D eigenvalue weighted by molar-refractivity contribution is 5.67. The zero-order valence-electron chi connectivity index (χ0n) is 20.3. The van der Waals surface area contributed by atoms with Gasteiger partial charge in [0.1, 0.15) is 12.4 Å². The minimum atomic E-state index is -0.372. The number of benzene rings is 2. The number of nitrogens with one attached hydrogen (secondary N) is 1. The number of carbonyl (C=O) groups is 1. The number of piperidine rings is 1. The molecule has 182 valence electrons. The van der Waals surface area contributed by atoms with Crippen molar-refractivity contribution >= 4 is 6.09 Å². The van der Waals surface area contributed by atoms with E-state index in [9.17, 15) is 4.79 Å². The van der Waals surface area contributed by atoms with Crippen molar-refractivity contribution in [1.82, 2.24) is 10.2 Å². The smallest absolute Gasteiger partial charge is 0.407 e. The van der Waals surface area contributed by atoms with Crippen LogP contribution in [0.3, 0.4) is 0 Å². The predicted molar refractivity (Wildman–Crippen MR) is 133 cm³/mol. The molecule has 34 heavy (non-hydrogen) atoms. The van der Waals surface area contributed by atoms with Gasteiger partial charge in [0.05, 0.1) is 12.7 Å². The molecule has 2 aromatic rings. The summed E-state index contributed by atoms with van der Waals surface area (Å²) < 4.78 is 17.5. The van der Waals surface area contributed by atoms with Gasteiger partial charge in [-0.05, 0) is 55.5 Å². The van der Waals surface area contributed by atoms with E-state index < -0.39 is 0 Å². The largest absolute Gasteiger partial charge is 0.497 e. The third-order valence-electron chi connectivity index (χ3n) is 7.63. The summed E-state index contributed by atoms with van der Waals surface area (Å²) in [6.45, 7) is 6.81. The summed E-state index contributed by atoms with van der Waals surface area (Å²) in [6.07, 6.45) is 4.98. The molecule has 0 radical (unpaired) electrons. The van der Waals surface area contributed by atoms with Crippen molar-refractivity contribution < 1.29 is 19.0 Å². The fraction of sp³-hybridized carbons (Fsp3) is 0.464. The van der Waals surface area contributed by atoms with Crippen LogP contribution in [0.25, 0.3) is 0 Å². The number of amides is 1. The maximum Gasteiger partial charge on any atom is 0.407 e. The number of hydrogen-bond acceptors (Lipinski definition) is 5. The van der Waals surface area contributed by atoms with Crippen molar-refractivity contribution in [3.05, 3.63) is 78.4 Å². The van der Waals surface area contributed by atoms with E-state index in [0.717, 1.165) is 56.6 Å². The van der Waals surface area contributed by atoms with Crippen LogP contribution in [0.15, 0.2) is 67.3 Å². The lowest BCUT2D eigenvalue weighted by Gasteiger charge is -2.59. The van der Waals surface area contributed by atoms with Gasteiger partial charge in [0.25, 0.3) is 0 Å². The minimum absolute atomic E-state index is 0.00343. The third kappa shape index (κ3) is 4.84. The highest BCUT2D eigenvalue weighted by Gasteiger charge is 2.59. The molecular weight excluding hydrogens is 428 g/mol. The predicted octanol–water partition coefficient (Wildman–Crippen LogP) is 4.69. The van der Waals surface area contributed by atoms with Crippen LogP contribution in [0.5, 0.6) is 5.75 Å². The van der Waals surface area contributed by atoms with E-state index in [2.05, 4.69) is 28.9 Å². The number of nitrogens with zero attached hydrogens (tertiary/aromatic N) is 1. The Morgan fingerprint density at radius 1 is 1.18 bits per heavy atom. The molecule has 0 bridgehead atoms. The number of methoxy groups -OCH3 is 2. The molecule has 2 fully saturated rings. The van der Waals surface area contributed by atoms with Gasteiger partial charge in [-0.2, -0.15) is 0 Å². The Labute approximate surface area is 202 Å². The third-order valence-corrected chi connectivity index (χ3v) is 7.63. The van der Waals surface area contributed by atoms with Crippen LogP contribution < -0.4 is 10.1 Å². The van der Waals surface area contributed by atoms with Gasteiger partial charge in [-0.25, -0.2) is 4.79 Å². The van der Waals surface area contributed by atoms with E-state index in [1.807, 2.05) is 55.7 Å². The molecule has 1 saturated heterocycles. The van der Waals surface area contributed by atoms with Gasteiger partial charge < -0.3 is 19.5 Å². The Morgan fingerprint density at radius 2 is 2.00 bits per heavy atom. The van der Waals surface area contributed by atoms with Crippen molar-refractivity contribution in [3.8, 4) is 5.75 Å². The van der Waals surface area contributed by atoms with Crippen molar-refractivity contribution in [2.45, 2.75) is 49.3 Å². The fourth-order valence-corrected chi connectivity index (χ4v) is 5.91. The summed E-state index contributed by atoms with van der Waals surface area (Å²) in [5, 5.41) is 3.15. The lowest BCUT2D eigenvalue weighted by Crippen LogP contribution is -2.68. The van der Waals surface area contributed by atoms with E-state index in [1.54, 1.807) is 7.11 Å². The molecule has 2 aromatic carbocycles. The van der Waals surface area contributed by atoms with E-state index in [4.69, 9.17) is 14.2 Å². The second-order valence-corrected chi connectivity index (χ2v) is 9.43. The lowest BCUT2D eigenvalue weighted by molar-refractivity contribution is -0.146. The second-order valence-electron chi connectivity index (χ2n) is 9.43. The quantitative estimate of drug-likeness (QED) is 0.575. The maximum atomic E-state index is 12.7. The highest BCUT2D eigenvalue weighted by Crippen LogP contribution is 2.53. The average Bonchev–Trinajstić information content (AvgIpc) is 2.88. The summed E-state index contributed by atoms with van der Waals surface area (Å²) in [7, 11) is 3.52.